The fourth-order valence-corrected chi connectivity index (χ4v) is 5.35. The van der Waals surface area contributed by atoms with Crippen LogP contribution in [0.4, 0.5) is 0 Å². The molecule has 0 aromatic heterocycles. The van der Waals surface area contributed by atoms with Crippen LogP contribution in [0.25, 0.3) is 0 Å². The molecule has 0 amide bonds. The number of carboxylic acids is 1. The topological polar surface area (TPSA) is 104 Å². The summed E-state index contributed by atoms with van der Waals surface area (Å²) < 4.78 is 25.8. The van der Waals surface area contributed by atoms with Crippen molar-refractivity contribution >= 4 is 39.0 Å². The van der Waals surface area contributed by atoms with E-state index in [9.17, 15) is 18.3 Å². The Morgan fingerprint density at radius 1 is 1.06 bits per heavy atom. The Balaban J connectivity index is 0.00000306. The summed E-state index contributed by atoms with van der Waals surface area (Å²) in [5.74, 6) is -1.19. The quantitative estimate of drug-likeness (QED) is 0.364. The molecule has 0 bridgehead atoms. The van der Waals surface area contributed by atoms with Crippen LogP contribution < -0.4 is 34.9 Å². The molecule has 2 atom stereocenters. The molecular formula is C24H24Cl2NNaO5S. The van der Waals surface area contributed by atoms with E-state index in [1.807, 2.05) is 13.0 Å². The van der Waals surface area contributed by atoms with Gasteiger partial charge in [0.1, 0.15) is 0 Å². The molecule has 0 spiro atoms. The van der Waals surface area contributed by atoms with Gasteiger partial charge >= 0.3 is 35.5 Å². The second-order valence-electron chi connectivity index (χ2n) is 7.68. The van der Waals surface area contributed by atoms with Crippen molar-refractivity contribution in [3.8, 4) is 0 Å². The number of aromatic carboxylic acids is 1. The second-order valence-corrected chi connectivity index (χ2v) is 10.4. The number of hydrogen-bond acceptors (Lipinski definition) is 5. The van der Waals surface area contributed by atoms with Crippen LogP contribution >= 0.6 is 23.2 Å². The van der Waals surface area contributed by atoms with Crippen LogP contribution in [-0.4, -0.2) is 37.2 Å². The van der Waals surface area contributed by atoms with Crippen LogP contribution in [0, 0.1) is 0 Å². The van der Waals surface area contributed by atoms with Crippen molar-refractivity contribution in [3.63, 3.8) is 0 Å². The zero-order valence-corrected chi connectivity index (χ0v) is 23.0. The van der Waals surface area contributed by atoms with E-state index >= 15 is 0 Å². The van der Waals surface area contributed by atoms with Gasteiger partial charge in [-0.05, 0) is 66.9 Å². The number of aliphatic hydroxyl groups is 1. The molecule has 3 rings (SSSR count). The smallest absolute Gasteiger partial charge is 1.00 e. The summed E-state index contributed by atoms with van der Waals surface area (Å²) in [6, 6.07) is 17.1. The second kappa shape index (κ2) is 12.5. The van der Waals surface area contributed by atoms with Crippen molar-refractivity contribution in [3.05, 3.63) is 93.5 Å². The molecule has 6 nitrogen and oxygen atoms in total. The third-order valence-electron chi connectivity index (χ3n) is 5.14. The maximum atomic E-state index is 12.9. The SMILES string of the molecule is C[C@H](Cc1ccc(S(=O)(=O)c2ccc(C(=O)O)cc2Cl)cc1)NC[C@@H](O)c1cccc(Cl)c1.[H-].[Na+]. The van der Waals surface area contributed by atoms with Crippen LogP contribution in [-0.2, 0) is 16.3 Å². The van der Waals surface area contributed by atoms with E-state index in [1.165, 1.54) is 24.3 Å². The number of carbonyl (C=O) groups is 1. The third-order valence-corrected chi connectivity index (χ3v) is 7.62. The Morgan fingerprint density at radius 2 is 1.74 bits per heavy atom. The van der Waals surface area contributed by atoms with Gasteiger partial charge in [-0.25, -0.2) is 13.2 Å². The number of rotatable bonds is 9. The molecule has 0 unspecified atom stereocenters. The molecule has 0 heterocycles. The first-order valence-electron chi connectivity index (χ1n) is 10.1. The van der Waals surface area contributed by atoms with Gasteiger partial charge in [-0.15, -0.1) is 0 Å². The number of carboxylic acid groups (broad SMARTS) is 1. The summed E-state index contributed by atoms with van der Waals surface area (Å²) in [5, 5.41) is 23.0. The first-order chi connectivity index (χ1) is 15.6. The van der Waals surface area contributed by atoms with Crippen molar-refractivity contribution in [2.75, 3.05) is 6.54 Å². The minimum absolute atomic E-state index is 0. The van der Waals surface area contributed by atoms with Gasteiger partial charge in [-0.1, -0.05) is 47.5 Å². The Bertz CT molecular complexity index is 1260. The Hall–Kier alpha value is -1.42. The number of halogens is 2. The monoisotopic (exact) mass is 531 g/mol. The third kappa shape index (κ3) is 7.29. The summed E-state index contributed by atoms with van der Waals surface area (Å²) in [7, 11) is -3.90. The van der Waals surface area contributed by atoms with Gasteiger partial charge in [-0.3, -0.25) is 0 Å². The van der Waals surface area contributed by atoms with E-state index in [4.69, 9.17) is 28.3 Å². The molecular weight excluding hydrogens is 508 g/mol. The Morgan fingerprint density at radius 3 is 2.32 bits per heavy atom. The van der Waals surface area contributed by atoms with Crippen LogP contribution in [0.5, 0.6) is 0 Å². The maximum Gasteiger partial charge on any atom is 1.00 e. The summed E-state index contributed by atoms with van der Waals surface area (Å²) in [6.07, 6.45) is -0.0765. The van der Waals surface area contributed by atoms with Crippen molar-refractivity contribution in [1.29, 1.82) is 0 Å². The standard InChI is InChI=1S/C24H23Cl2NO5S.Na.H/c1-15(27-14-22(28)17-3-2-4-19(25)12-17)11-16-5-8-20(9-6-16)33(31,32)23-10-7-18(24(29)30)13-21(23)26;;/h2-10,12-13,15,22,27-28H,11,14H2,1H3,(H,29,30);;/q;+1;-1/t15-,22-;;/m1../s1. The molecule has 0 aliphatic rings. The van der Waals surface area contributed by atoms with Crippen molar-refractivity contribution < 1.29 is 54.4 Å². The number of benzene rings is 3. The summed E-state index contributed by atoms with van der Waals surface area (Å²) in [4.78, 5) is 11.0. The van der Waals surface area contributed by atoms with E-state index in [0.717, 1.165) is 17.2 Å². The van der Waals surface area contributed by atoms with Gasteiger partial charge in [-0.2, -0.15) is 0 Å². The molecule has 0 saturated heterocycles. The molecule has 34 heavy (non-hydrogen) atoms. The van der Waals surface area contributed by atoms with Crippen molar-refractivity contribution in [2.45, 2.75) is 35.3 Å². The fraction of sp³-hybridized carbons (Fsp3) is 0.208. The van der Waals surface area contributed by atoms with Gasteiger partial charge < -0.3 is 17.0 Å². The maximum absolute atomic E-state index is 12.9. The number of nitrogens with one attached hydrogen (secondary N) is 1. The van der Waals surface area contributed by atoms with Gasteiger partial charge in [0.05, 0.1) is 26.5 Å². The number of hydrogen-bond donors (Lipinski definition) is 3. The normalized spacial score (nSPS) is 13.1. The fourth-order valence-electron chi connectivity index (χ4n) is 3.35. The van der Waals surface area contributed by atoms with Crippen molar-refractivity contribution in [1.82, 2.24) is 5.32 Å². The summed E-state index contributed by atoms with van der Waals surface area (Å²) in [6.45, 7) is 2.32. The number of aliphatic hydroxyl groups excluding tert-OH is 1. The Labute approximate surface area is 232 Å². The van der Waals surface area contributed by atoms with E-state index in [1.54, 1.807) is 30.3 Å². The van der Waals surface area contributed by atoms with Gasteiger partial charge in [0, 0.05) is 17.6 Å². The Kier molecular flexibility index (Phi) is 10.6. The molecule has 0 aliphatic carbocycles. The van der Waals surface area contributed by atoms with Crippen LogP contribution in [0.15, 0.2) is 76.5 Å². The predicted octanol–water partition coefficient (Wildman–Crippen LogP) is 1.90. The van der Waals surface area contributed by atoms with Gasteiger partial charge in [0.15, 0.2) is 0 Å². The first kappa shape index (κ1) is 28.8. The van der Waals surface area contributed by atoms with Gasteiger partial charge in [0.25, 0.3) is 0 Å². The van der Waals surface area contributed by atoms with Crippen LogP contribution in [0.3, 0.4) is 0 Å². The molecule has 0 saturated carbocycles. The van der Waals surface area contributed by atoms with Gasteiger partial charge in [0.2, 0.25) is 9.84 Å². The van der Waals surface area contributed by atoms with E-state index < -0.39 is 21.9 Å². The molecule has 3 aromatic carbocycles. The largest absolute Gasteiger partial charge is 1.00 e. The van der Waals surface area contributed by atoms with E-state index in [0.29, 0.717) is 18.0 Å². The molecule has 176 valence electrons. The van der Waals surface area contributed by atoms with Crippen LogP contribution in [0.1, 0.15) is 35.9 Å². The molecule has 3 aromatic rings. The van der Waals surface area contributed by atoms with Crippen molar-refractivity contribution in [2.24, 2.45) is 0 Å². The summed E-state index contributed by atoms with van der Waals surface area (Å²) in [5.41, 5.74) is 1.56. The predicted molar refractivity (Wildman–Crippen MR) is 129 cm³/mol. The average molecular weight is 532 g/mol. The molecule has 0 fully saturated rings. The average Bonchev–Trinajstić information content (AvgIpc) is 2.77. The molecule has 10 heteroatoms. The molecule has 3 N–H and O–H groups in total. The first-order valence-corrected chi connectivity index (χ1v) is 12.4. The molecule has 0 radical (unpaired) electrons. The zero-order chi connectivity index (χ0) is 24.2. The zero-order valence-electron chi connectivity index (χ0n) is 19.7. The minimum atomic E-state index is -3.90. The van der Waals surface area contributed by atoms with E-state index in [2.05, 4.69) is 5.32 Å². The molecule has 0 aliphatic heterocycles. The van der Waals surface area contributed by atoms with Crippen LogP contribution in [0.2, 0.25) is 10.0 Å². The number of sulfone groups is 1. The summed E-state index contributed by atoms with van der Waals surface area (Å²) >= 11 is 12.0. The minimum Gasteiger partial charge on any atom is -1.00 e. The van der Waals surface area contributed by atoms with E-state index in [-0.39, 0.29) is 57.4 Å².